The molecule has 0 aliphatic carbocycles. The highest BCUT2D eigenvalue weighted by atomic mass is 16.4. The number of carbonyl (C=O) groups is 1. The monoisotopic (exact) mass is 233 g/mol. The predicted octanol–water partition coefficient (Wildman–Crippen LogP) is 2.55. The molecule has 17 heavy (non-hydrogen) atoms. The Morgan fingerprint density at radius 2 is 2.12 bits per heavy atom. The van der Waals surface area contributed by atoms with Crippen molar-refractivity contribution in [1.29, 1.82) is 0 Å². The second-order valence-corrected chi connectivity index (χ2v) is 4.40. The molecule has 4 heteroatoms. The third kappa shape index (κ3) is 1.98. The number of aliphatic carboxylic acids is 1. The van der Waals surface area contributed by atoms with E-state index in [2.05, 4.69) is 0 Å². The first-order valence-electron chi connectivity index (χ1n) is 5.54. The molecule has 0 aliphatic rings. The molecular weight excluding hydrogens is 218 g/mol. The lowest BCUT2D eigenvalue weighted by molar-refractivity contribution is -0.136. The lowest BCUT2D eigenvalue weighted by Crippen LogP contribution is -2.00. The summed E-state index contributed by atoms with van der Waals surface area (Å²) in [5, 5.41) is 19.6. The summed E-state index contributed by atoms with van der Waals surface area (Å²) in [6.45, 7) is 3.99. The number of hydrogen-bond acceptors (Lipinski definition) is 2. The van der Waals surface area contributed by atoms with Crippen LogP contribution in [0.25, 0.3) is 10.9 Å². The number of phenolic OH excluding ortho intramolecular Hbond substituents is 1. The van der Waals surface area contributed by atoms with E-state index in [1.165, 1.54) is 0 Å². The molecule has 2 rings (SSSR count). The number of carboxylic acid groups (broad SMARTS) is 1. The average molecular weight is 233 g/mol. The molecule has 0 spiro atoms. The Morgan fingerprint density at radius 3 is 2.71 bits per heavy atom. The fourth-order valence-electron chi connectivity index (χ4n) is 2.07. The van der Waals surface area contributed by atoms with E-state index >= 15 is 0 Å². The molecule has 0 amide bonds. The summed E-state index contributed by atoms with van der Waals surface area (Å²) in [7, 11) is 0. The highest BCUT2D eigenvalue weighted by molar-refractivity contribution is 5.91. The van der Waals surface area contributed by atoms with Crippen LogP contribution in [0.2, 0.25) is 0 Å². The maximum absolute atomic E-state index is 10.8. The minimum absolute atomic E-state index is 0.0281. The summed E-state index contributed by atoms with van der Waals surface area (Å²) in [4.78, 5) is 10.8. The van der Waals surface area contributed by atoms with E-state index < -0.39 is 5.97 Å². The van der Waals surface area contributed by atoms with E-state index in [1.807, 2.05) is 30.7 Å². The SMILES string of the molecule is CC(C)n1cc(CC(=O)O)c2cccc(O)c21. The van der Waals surface area contributed by atoms with Gasteiger partial charge in [0, 0.05) is 17.6 Å². The largest absolute Gasteiger partial charge is 0.506 e. The third-order valence-corrected chi connectivity index (χ3v) is 2.81. The Balaban J connectivity index is 2.71. The fourth-order valence-corrected chi connectivity index (χ4v) is 2.07. The Labute approximate surface area is 99.1 Å². The Kier molecular flexibility index (Phi) is 2.79. The molecule has 0 aliphatic heterocycles. The molecule has 0 fully saturated rings. The molecule has 1 aromatic heterocycles. The second kappa shape index (κ2) is 4.13. The molecule has 0 unspecified atom stereocenters. The summed E-state index contributed by atoms with van der Waals surface area (Å²) in [5.41, 5.74) is 1.44. The number of rotatable bonds is 3. The van der Waals surface area contributed by atoms with Crippen molar-refractivity contribution in [3.8, 4) is 5.75 Å². The zero-order valence-corrected chi connectivity index (χ0v) is 9.84. The molecule has 0 radical (unpaired) electrons. The molecule has 90 valence electrons. The van der Waals surface area contributed by atoms with Crippen molar-refractivity contribution >= 4 is 16.9 Å². The van der Waals surface area contributed by atoms with Crippen LogP contribution in [0.3, 0.4) is 0 Å². The molecule has 0 bridgehead atoms. The zero-order chi connectivity index (χ0) is 12.6. The van der Waals surface area contributed by atoms with Gasteiger partial charge in [-0.05, 0) is 25.5 Å². The average Bonchev–Trinajstić information content (AvgIpc) is 2.58. The molecule has 0 atom stereocenters. The van der Waals surface area contributed by atoms with Gasteiger partial charge < -0.3 is 14.8 Å². The first-order chi connectivity index (χ1) is 8.00. The number of fused-ring (bicyclic) bond motifs is 1. The molecule has 2 N–H and O–H groups in total. The van der Waals surface area contributed by atoms with Crippen molar-refractivity contribution in [3.63, 3.8) is 0 Å². The van der Waals surface area contributed by atoms with E-state index in [0.29, 0.717) is 5.52 Å². The predicted molar refractivity (Wildman–Crippen MR) is 65.3 cm³/mol. The second-order valence-electron chi connectivity index (χ2n) is 4.40. The molecule has 0 saturated heterocycles. The Bertz CT molecular complexity index is 569. The molecule has 0 saturated carbocycles. The quantitative estimate of drug-likeness (QED) is 0.856. The summed E-state index contributed by atoms with van der Waals surface area (Å²) in [6.07, 6.45) is 1.78. The van der Waals surface area contributed by atoms with Gasteiger partial charge in [-0.2, -0.15) is 0 Å². The minimum Gasteiger partial charge on any atom is -0.506 e. The van der Waals surface area contributed by atoms with Gasteiger partial charge >= 0.3 is 5.97 Å². The Hall–Kier alpha value is -1.97. The molecule has 4 nitrogen and oxygen atoms in total. The molecular formula is C13H15NO3. The van der Waals surface area contributed by atoms with Crippen LogP contribution in [0.1, 0.15) is 25.5 Å². The van der Waals surface area contributed by atoms with Crippen LogP contribution in [0, 0.1) is 0 Å². The van der Waals surface area contributed by atoms with E-state index in [-0.39, 0.29) is 18.2 Å². The van der Waals surface area contributed by atoms with Crippen LogP contribution in [-0.4, -0.2) is 20.7 Å². The van der Waals surface area contributed by atoms with Crippen LogP contribution >= 0.6 is 0 Å². The lowest BCUT2D eigenvalue weighted by atomic mass is 10.1. The van der Waals surface area contributed by atoms with E-state index in [9.17, 15) is 9.90 Å². The minimum atomic E-state index is -0.865. The van der Waals surface area contributed by atoms with E-state index in [1.54, 1.807) is 12.1 Å². The van der Waals surface area contributed by atoms with Gasteiger partial charge in [-0.1, -0.05) is 12.1 Å². The van der Waals surface area contributed by atoms with Crippen molar-refractivity contribution in [2.24, 2.45) is 0 Å². The van der Waals surface area contributed by atoms with E-state index in [4.69, 9.17) is 5.11 Å². The molecule has 1 heterocycles. The number of phenols is 1. The van der Waals surface area contributed by atoms with Crippen LogP contribution in [0.4, 0.5) is 0 Å². The number of aromatic nitrogens is 1. The van der Waals surface area contributed by atoms with Gasteiger partial charge in [-0.25, -0.2) is 0 Å². The summed E-state index contributed by atoms with van der Waals surface area (Å²) < 4.78 is 1.91. The number of benzene rings is 1. The highest BCUT2D eigenvalue weighted by Gasteiger charge is 2.15. The molecule has 2 aromatic rings. The van der Waals surface area contributed by atoms with Crippen molar-refractivity contribution in [2.75, 3.05) is 0 Å². The number of para-hydroxylation sites is 1. The lowest BCUT2D eigenvalue weighted by Gasteiger charge is -2.09. The maximum atomic E-state index is 10.8. The summed E-state index contributed by atoms with van der Waals surface area (Å²) in [5.74, 6) is -0.677. The number of carboxylic acids is 1. The third-order valence-electron chi connectivity index (χ3n) is 2.81. The highest BCUT2D eigenvalue weighted by Crippen LogP contribution is 2.31. The van der Waals surface area contributed by atoms with Gasteiger partial charge in [-0.15, -0.1) is 0 Å². The van der Waals surface area contributed by atoms with E-state index in [0.717, 1.165) is 10.9 Å². The fraction of sp³-hybridized carbons (Fsp3) is 0.308. The van der Waals surface area contributed by atoms with Gasteiger partial charge in [0.15, 0.2) is 0 Å². The van der Waals surface area contributed by atoms with Gasteiger partial charge in [0.2, 0.25) is 0 Å². The summed E-state index contributed by atoms with van der Waals surface area (Å²) >= 11 is 0. The number of hydrogen-bond donors (Lipinski definition) is 2. The van der Waals surface area contributed by atoms with Crippen LogP contribution in [0.15, 0.2) is 24.4 Å². The van der Waals surface area contributed by atoms with Gasteiger partial charge in [-0.3, -0.25) is 4.79 Å². The standard InChI is InChI=1S/C13H15NO3/c1-8(2)14-7-9(6-12(16)17)10-4-3-5-11(15)13(10)14/h3-5,7-8,15H,6H2,1-2H3,(H,16,17). The van der Waals surface area contributed by atoms with Gasteiger partial charge in [0.25, 0.3) is 0 Å². The van der Waals surface area contributed by atoms with Crippen molar-refractivity contribution in [2.45, 2.75) is 26.3 Å². The van der Waals surface area contributed by atoms with Gasteiger partial charge in [0.05, 0.1) is 11.9 Å². The van der Waals surface area contributed by atoms with Crippen molar-refractivity contribution < 1.29 is 15.0 Å². The Morgan fingerprint density at radius 1 is 1.41 bits per heavy atom. The van der Waals surface area contributed by atoms with Crippen LogP contribution < -0.4 is 0 Å². The van der Waals surface area contributed by atoms with Crippen LogP contribution in [0.5, 0.6) is 5.75 Å². The number of aromatic hydroxyl groups is 1. The van der Waals surface area contributed by atoms with Gasteiger partial charge in [0.1, 0.15) is 5.75 Å². The number of nitrogens with zero attached hydrogens (tertiary/aromatic N) is 1. The first kappa shape index (κ1) is 11.5. The topological polar surface area (TPSA) is 62.5 Å². The summed E-state index contributed by atoms with van der Waals surface area (Å²) in [6, 6.07) is 5.36. The first-order valence-corrected chi connectivity index (χ1v) is 5.54. The van der Waals surface area contributed by atoms with Crippen molar-refractivity contribution in [1.82, 2.24) is 4.57 Å². The maximum Gasteiger partial charge on any atom is 0.307 e. The van der Waals surface area contributed by atoms with Crippen molar-refractivity contribution in [3.05, 3.63) is 30.0 Å². The zero-order valence-electron chi connectivity index (χ0n) is 9.84. The normalized spacial score (nSPS) is 11.2. The molecule has 1 aromatic carbocycles. The smallest absolute Gasteiger partial charge is 0.307 e. The van der Waals surface area contributed by atoms with Crippen LogP contribution in [-0.2, 0) is 11.2 Å².